The van der Waals surface area contributed by atoms with Crippen LogP contribution in [0.1, 0.15) is 23.8 Å². The Morgan fingerprint density at radius 3 is 2.89 bits per heavy atom. The summed E-state index contributed by atoms with van der Waals surface area (Å²) in [6, 6.07) is 14.8. The molecule has 7 nitrogen and oxygen atoms in total. The maximum absolute atomic E-state index is 13.8. The minimum Gasteiger partial charge on any atom is -0.454 e. The molecule has 35 heavy (non-hydrogen) atoms. The van der Waals surface area contributed by atoms with Crippen molar-refractivity contribution < 1.29 is 14.3 Å². The Labute approximate surface area is 210 Å². The Balaban J connectivity index is 1.32. The van der Waals surface area contributed by atoms with Gasteiger partial charge in [0.25, 0.3) is 5.56 Å². The van der Waals surface area contributed by atoms with Gasteiger partial charge >= 0.3 is 0 Å². The first kappa shape index (κ1) is 22.2. The van der Waals surface area contributed by atoms with Crippen molar-refractivity contribution in [2.75, 3.05) is 17.9 Å². The molecule has 2 aliphatic rings. The number of thiophene rings is 1. The van der Waals surface area contributed by atoms with Crippen LogP contribution in [0, 0.1) is 5.92 Å². The van der Waals surface area contributed by atoms with Gasteiger partial charge in [0.2, 0.25) is 12.7 Å². The largest absolute Gasteiger partial charge is 0.454 e. The van der Waals surface area contributed by atoms with Gasteiger partial charge < -0.3 is 14.8 Å². The van der Waals surface area contributed by atoms with Crippen LogP contribution in [0.5, 0.6) is 11.5 Å². The lowest BCUT2D eigenvalue weighted by atomic mass is 9.89. The van der Waals surface area contributed by atoms with Crippen molar-refractivity contribution in [3.8, 4) is 17.2 Å². The first-order valence-electron chi connectivity index (χ1n) is 11.5. The fourth-order valence-electron chi connectivity index (χ4n) is 4.57. The molecule has 1 aliphatic heterocycles. The lowest BCUT2D eigenvalue weighted by Crippen LogP contribution is -2.23. The normalized spacial score (nSPS) is 16.3. The number of anilines is 1. The van der Waals surface area contributed by atoms with Gasteiger partial charge in [-0.25, -0.2) is 4.98 Å². The van der Waals surface area contributed by atoms with E-state index in [1.54, 1.807) is 34.1 Å². The summed E-state index contributed by atoms with van der Waals surface area (Å²) in [6.07, 6.45) is 2.98. The third kappa shape index (κ3) is 4.19. The van der Waals surface area contributed by atoms with Gasteiger partial charge in [-0.05, 0) is 55.0 Å². The molecule has 0 bridgehead atoms. The first-order valence-corrected chi connectivity index (χ1v) is 13.3. The summed E-state index contributed by atoms with van der Waals surface area (Å²) < 4.78 is 12.4. The molecular formula is C26H23N3O4S2. The van der Waals surface area contributed by atoms with Gasteiger partial charge in [0.05, 0.1) is 16.8 Å². The molecule has 4 aromatic rings. The van der Waals surface area contributed by atoms with Crippen molar-refractivity contribution in [3.05, 3.63) is 69.3 Å². The molecule has 0 spiro atoms. The Hall–Kier alpha value is -3.30. The van der Waals surface area contributed by atoms with Gasteiger partial charge in [-0.1, -0.05) is 36.9 Å². The second kappa shape index (κ2) is 9.05. The van der Waals surface area contributed by atoms with Crippen molar-refractivity contribution in [3.63, 3.8) is 0 Å². The van der Waals surface area contributed by atoms with Crippen LogP contribution < -0.4 is 20.3 Å². The van der Waals surface area contributed by atoms with Gasteiger partial charge in [-0.3, -0.25) is 14.2 Å². The van der Waals surface area contributed by atoms with E-state index in [4.69, 9.17) is 14.5 Å². The number of benzene rings is 2. The molecule has 1 atom stereocenters. The minimum atomic E-state index is -0.192. The number of hydrogen-bond donors (Lipinski definition) is 1. The summed E-state index contributed by atoms with van der Waals surface area (Å²) in [7, 11) is 0. The molecule has 1 unspecified atom stereocenters. The van der Waals surface area contributed by atoms with Crippen LogP contribution >= 0.6 is 23.1 Å². The predicted molar refractivity (Wildman–Crippen MR) is 138 cm³/mol. The number of rotatable bonds is 5. The van der Waals surface area contributed by atoms with E-state index in [0.717, 1.165) is 40.7 Å². The number of amides is 1. The molecule has 1 aliphatic carbocycles. The van der Waals surface area contributed by atoms with E-state index in [1.165, 1.54) is 16.6 Å². The van der Waals surface area contributed by atoms with Crippen molar-refractivity contribution >= 4 is 44.9 Å². The third-order valence-electron chi connectivity index (χ3n) is 6.30. The number of thioether (sulfide) groups is 1. The number of carbonyl (C=O) groups is 1. The summed E-state index contributed by atoms with van der Waals surface area (Å²) in [5.41, 5.74) is 2.47. The lowest BCUT2D eigenvalue weighted by molar-refractivity contribution is -0.113. The molecule has 1 amide bonds. The smallest absolute Gasteiger partial charge is 0.267 e. The minimum absolute atomic E-state index is 0.0630. The van der Waals surface area contributed by atoms with E-state index < -0.39 is 0 Å². The summed E-state index contributed by atoms with van der Waals surface area (Å²) in [5, 5.41) is 4.14. The van der Waals surface area contributed by atoms with Crippen LogP contribution in [0.2, 0.25) is 0 Å². The molecular weight excluding hydrogens is 482 g/mol. The lowest BCUT2D eigenvalue weighted by Gasteiger charge is -2.17. The number of nitrogens with one attached hydrogen (secondary N) is 1. The van der Waals surface area contributed by atoms with Crippen LogP contribution in [0.25, 0.3) is 15.9 Å². The summed E-state index contributed by atoms with van der Waals surface area (Å²) >= 11 is 2.88. The molecule has 0 radical (unpaired) electrons. The fourth-order valence-corrected chi connectivity index (χ4v) is 6.81. The van der Waals surface area contributed by atoms with E-state index in [-0.39, 0.29) is 24.0 Å². The maximum atomic E-state index is 13.8. The molecule has 2 aromatic carbocycles. The van der Waals surface area contributed by atoms with Crippen LogP contribution in [0.15, 0.2) is 58.5 Å². The van der Waals surface area contributed by atoms with Crippen molar-refractivity contribution in [1.82, 2.24) is 9.55 Å². The Morgan fingerprint density at radius 1 is 1.20 bits per heavy atom. The maximum Gasteiger partial charge on any atom is 0.267 e. The number of nitrogens with zero attached hydrogens (tertiary/aromatic N) is 2. The van der Waals surface area contributed by atoms with Gasteiger partial charge in [0, 0.05) is 16.6 Å². The van der Waals surface area contributed by atoms with Crippen LogP contribution in [-0.2, 0) is 17.6 Å². The topological polar surface area (TPSA) is 82.4 Å². The number of ether oxygens (including phenoxy) is 2. The quantitative estimate of drug-likeness (QED) is 0.303. The number of aryl methyl sites for hydroxylation is 1. The molecule has 178 valence electrons. The number of hydrogen-bond acceptors (Lipinski definition) is 7. The average Bonchev–Trinajstić information content (AvgIpc) is 3.47. The zero-order valence-corrected chi connectivity index (χ0v) is 20.7. The Kier molecular flexibility index (Phi) is 5.74. The van der Waals surface area contributed by atoms with Gasteiger partial charge in [0.15, 0.2) is 16.7 Å². The number of para-hydroxylation sites is 1. The van der Waals surface area contributed by atoms with Crippen molar-refractivity contribution in [2.24, 2.45) is 5.92 Å². The van der Waals surface area contributed by atoms with Crippen LogP contribution in [0.4, 0.5) is 5.69 Å². The highest BCUT2D eigenvalue weighted by Gasteiger charge is 2.25. The molecule has 2 aromatic heterocycles. The van der Waals surface area contributed by atoms with Crippen LogP contribution in [-0.4, -0.2) is 28.0 Å². The molecule has 3 heterocycles. The summed E-state index contributed by atoms with van der Waals surface area (Å²) in [6.45, 7) is 2.43. The van der Waals surface area contributed by atoms with E-state index in [2.05, 4.69) is 12.2 Å². The number of aromatic nitrogens is 2. The molecule has 0 saturated carbocycles. The molecule has 1 N–H and O–H groups in total. The second-order valence-electron chi connectivity index (χ2n) is 8.81. The Morgan fingerprint density at radius 2 is 2.03 bits per heavy atom. The zero-order chi connectivity index (χ0) is 23.9. The standard InChI is InChI=1S/C26H23N3O4S2/c1-15-7-9-18-21(11-15)35-24-23(18)25(31)29(17-5-3-2-4-6-17)26(28-24)34-13-22(30)27-16-8-10-19-20(12-16)33-14-32-19/h2-6,8,10,12,15H,7,9,11,13-14H2,1H3,(H,27,30). The van der Waals surface area contributed by atoms with Crippen molar-refractivity contribution in [2.45, 2.75) is 31.3 Å². The van der Waals surface area contributed by atoms with E-state index in [0.29, 0.717) is 28.3 Å². The van der Waals surface area contributed by atoms with Crippen molar-refractivity contribution in [1.29, 1.82) is 0 Å². The van der Waals surface area contributed by atoms with Gasteiger partial charge in [-0.2, -0.15) is 0 Å². The summed E-state index contributed by atoms with van der Waals surface area (Å²) in [5.74, 6) is 1.80. The van der Waals surface area contributed by atoms with E-state index in [9.17, 15) is 9.59 Å². The third-order valence-corrected chi connectivity index (χ3v) is 8.39. The Bertz CT molecular complexity index is 1500. The number of carbonyl (C=O) groups excluding carboxylic acids is 1. The highest BCUT2D eigenvalue weighted by atomic mass is 32.2. The average molecular weight is 506 g/mol. The number of fused-ring (bicyclic) bond motifs is 4. The molecule has 0 saturated heterocycles. The summed E-state index contributed by atoms with van der Waals surface area (Å²) in [4.78, 5) is 33.5. The second-order valence-corrected chi connectivity index (χ2v) is 10.8. The van der Waals surface area contributed by atoms with E-state index in [1.807, 2.05) is 30.3 Å². The first-order chi connectivity index (χ1) is 17.1. The molecule has 9 heteroatoms. The monoisotopic (exact) mass is 505 g/mol. The molecule has 0 fully saturated rings. The fraction of sp³-hybridized carbons (Fsp3) is 0.269. The zero-order valence-electron chi connectivity index (χ0n) is 19.1. The van der Waals surface area contributed by atoms with Gasteiger partial charge in [0.1, 0.15) is 4.83 Å². The highest BCUT2D eigenvalue weighted by Crippen LogP contribution is 2.37. The van der Waals surface area contributed by atoms with E-state index >= 15 is 0 Å². The SMILES string of the molecule is CC1CCc2c(sc3nc(SCC(=O)Nc4ccc5c(c4)OCO5)n(-c4ccccc4)c(=O)c23)C1. The van der Waals surface area contributed by atoms with Crippen LogP contribution in [0.3, 0.4) is 0 Å². The van der Waals surface area contributed by atoms with Gasteiger partial charge in [-0.15, -0.1) is 11.3 Å². The molecule has 6 rings (SSSR count). The predicted octanol–water partition coefficient (Wildman–Crippen LogP) is 5.03. The highest BCUT2D eigenvalue weighted by molar-refractivity contribution is 7.99.